The number of hydrogen-bond acceptors (Lipinski definition) is 6. The average molecular weight is 672 g/mol. The molecule has 0 atom stereocenters. The molecule has 0 N–H and O–H groups in total. The van der Waals surface area contributed by atoms with E-state index in [0.717, 1.165) is 60.9 Å². The number of thiophene rings is 1. The van der Waals surface area contributed by atoms with Crippen molar-refractivity contribution in [3.05, 3.63) is 152 Å². The maximum atomic E-state index is 6.75. The third-order valence-corrected chi connectivity index (χ3v) is 10.9. The van der Waals surface area contributed by atoms with Crippen LogP contribution in [0.1, 0.15) is 0 Å². The predicted octanol–water partition coefficient (Wildman–Crippen LogP) is 11.6. The molecule has 11 rings (SSSR count). The molecule has 0 aliphatic rings. The Labute approximate surface area is 294 Å². The third-order valence-electron chi connectivity index (χ3n) is 9.72. The van der Waals surface area contributed by atoms with E-state index in [1.54, 1.807) is 11.3 Å². The molecule has 0 bridgehead atoms. The smallest absolute Gasteiger partial charge is 0.167 e. The summed E-state index contributed by atoms with van der Waals surface area (Å²) >= 11 is 1.79. The standard InChI is InChI=1S/C44H25N5OS/c1-2-10-26(11-3-1)41-46-42(27-19-21-32-31-13-5-7-18-38(31)51-39(32)24-27)48-43(47-41)35-15-8-14-33-30-22-20-28(25-37(30)50-40(33)35)49-36-17-6-4-12-29(36)34-16-9-23-45-44(34)49/h1-25H. The van der Waals surface area contributed by atoms with Gasteiger partial charge in [-0.25, -0.2) is 19.9 Å². The summed E-state index contributed by atoms with van der Waals surface area (Å²) in [5.74, 6) is 1.79. The monoisotopic (exact) mass is 671 g/mol. The molecule has 0 aliphatic carbocycles. The van der Waals surface area contributed by atoms with Crippen molar-refractivity contribution in [2.45, 2.75) is 0 Å². The number of para-hydroxylation sites is 2. The summed E-state index contributed by atoms with van der Waals surface area (Å²) in [7, 11) is 0. The van der Waals surface area contributed by atoms with Crippen molar-refractivity contribution in [2.24, 2.45) is 0 Å². The van der Waals surface area contributed by atoms with Crippen LogP contribution in [-0.4, -0.2) is 24.5 Å². The van der Waals surface area contributed by atoms with Crippen molar-refractivity contribution in [1.29, 1.82) is 0 Å². The van der Waals surface area contributed by atoms with Gasteiger partial charge in [-0.15, -0.1) is 11.3 Å². The number of benzene rings is 6. The minimum Gasteiger partial charge on any atom is -0.455 e. The normalized spacial score (nSPS) is 11.9. The second kappa shape index (κ2) is 10.9. The second-order valence-electron chi connectivity index (χ2n) is 12.7. The fourth-order valence-corrected chi connectivity index (χ4v) is 8.51. The summed E-state index contributed by atoms with van der Waals surface area (Å²) in [5.41, 5.74) is 7.19. The zero-order valence-electron chi connectivity index (χ0n) is 27.0. The van der Waals surface area contributed by atoms with E-state index in [1.165, 1.54) is 25.6 Å². The molecule has 0 saturated heterocycles. The van der Waals surface area contributed by atoms with Crippen molar-refractivity contribution >= 4 is 75.4 Å². The van der Waals surface area contributed by atoms with E-state index >= 15 is 0 Å². The highest BCUT2D eigenvalue weighted by Gasteiger charge is 2.20. The molecule has 0 aliphatic heterocycles. The van der Waals surface area contributed by atoms with Crippen LogP contribution in [0, 0.1) is 0 Å². The number of fused-ring (bicyclic) bond motifs is 9. The van der Waals surface area contributed by atoms with Crippen LogP contribution in [0.5, 0.6) is 0 Å². The molecule has 0 unspecified atom stereocenters. The summed E-state index contributed by atoms with van der Waals surface area (Å²) in [5, 5.41) is 6.81. The van der Waals surface area contributed by atoms with Crippen molar-refractivity contribution < 1.29 is 4.42 Å². The molecule has 0 radical (unpaired) electrons. The van der Waals surface area contributed by atoms with Crippen LogP contribution in [0.3, 0.4) is 0 Å². The Morgan fingerprint density at radius 2 is 1.22 bits per heavy atom. The van der Waals surface area contributed by atoms with Crippen LogP contribution < -0.4 is 0 Å². The second-order valence-corrected chi connectivity index (χ2v) is 13.8. The SMILES string of the molecule is c1ccc(-c2nc(-c3ccc4c(c3)sc3ccccc34)nc(-c3cccc4c3oc3cc(-n5c6ccccc6c6cccnc65)ccc34)n2)cc1. The number of aromatic nitrogens is 5. The van der Waals surface area contributed by atoms with Crippen molar-refractivity contribution in [1.82, 2.24) is 24.5 Å². The molecule has 7 heteroatoms. The van der Waals surface area contributed by atoms with Gasteiger partial charge in [-0.05, 0) is 48.5 Å². The molecule has 5 aromatic heterocycles. The molecular formula is C44H25N5OS. The zero-order chi connectivity index (χ0) is 33.5. The number of rotatable bonds is 4. The Balaban J connectivity index is 1.10. The van der Waals surface area contributed by atoms with Gasteiger partial charge in [-0.2, -0.15) is 0 Å². The van der Waals surface area contributed by atoms with Crippen molar-refractivity contribution in [3.63, 3.8) is 0 Å². The number of hydrogen-bond donors (Lipinski definition) is 0. The molecule has 5 heterocycles. The highest BCUT2D eigenvalue weighted by molar-refractivity contribution is 7.25. The molecule has 0 fully saturated rings. The third kappa shape index (κ3) is 4.35. The Hall–Kier alpha value is -6.70. The maximum absolute atomic E-state index is 6.75. The molecule has 0 amide bonds. The van der Waals surface area contributed by atoms with Crippen LogP contribution in [0.4, 0.5) is 0 Å². The first kappa shape index (κ1) is 28.2. The van der Waals surface area contributed by atoms with E-state index in [9.17, 15) is 0 Å². The zero-order valence-corrected chi connectivity index (χ0v) is 27.8. The summed E-state index contributed by atoms with van der Waals surface area (Å²) in [4.78, 5) is 20.0. The van der Waals surface area contributed by atoms with Gasteiger partial charge in [0.1, 0.15) is 16.8 Å². The van der Waals surface area contributed by atoms with Gasteiger partial charge >= 0.3 is 0 Å². The predicted molar refractivity (Wildman–Crippen MR) is 208 cm³/mol. The number of furan rings is 1. The Morgan fingerprint density at radius 1 is 0.490 bits per heavy atom. The van der Waals surface area contributed by atoms with E-state index in [0.29, 0.717) is 17.5 Å². The maximum Gasteiger partial charge on any atom is 0.167 e. The van der Waals surface area contributed by atoms with Crippen LogP contribution >= 0.6 is 11.3 Å². The van der Waals surface area contributed by atoms with Gasteiger partial charge in [-0.3, -0.25) is 4.57 Å². The lowest BCUT2D eigenvalue weighted by molar-refractivity contribution is 0.669. The minimum absolute atomic E-state index is 0.562. The number of nitrogens with zero attached hydrogens (tertiary/aromatic N) is 5. The molecule has 11 aromatic rings. The quantitative estimate of drug-likeness (QED) is 0.186. The summed E-state index contributed by atoms with van der Waals surface area (Å²) < 4.78 is 11.4. The minimum atomic E-state index is 0.562. The van der Waals surface area contributed by atoms with E-state index in [2.05, 4.69) is 102 Å². The van der Waals surface area contributed by atoms with E-state index in [4.69, 9.17) is 24.4 Å². The summed E-state index contributed by atoms with van der Waals surface area (Å²) in [6.45, 7) is 0. The topological polar surface area (TPSA) is 69.6 Å². The Bertz CT molecular complexity index is 3100. The lowest BCUT2D eigenvalue weighted by Crippen LogP contribution is -2.00. The highest BCUT2D eigenvalue weighted by Crippen LogP contribution is 2.39. The molecule has 6 nitrogen and oxygen atoms in total. The van der Waals surface area contributed by atoms with E-state index in [-0.39, 0.29) is 0 Å². The first-order chi connectivity index (χ1) is 25.3. The van der Waals surface area contributed by atoms with Gasteiger partial charge in [0.25, 0.3) is 0 Å². The van der Waals surface area contributed by atoms with Gasteiger partial charge in [0.2, 0.25) is 0 Å². The Kier molecular flexibility index (Phi) is 6.02. The van der Waals surface area contributed by atoms with Crippen molar-refractivity contribution in [2.75, 3.05) is 0 Å². The lowest BCUT2D eigenvalue weighted by Gasteiger charge is -2.09. The Morgan fingerprint density at radius 3 is 2.14 bits per heavy atom. The average Bonchev–Trinajstić information content (AvgIpc) is 3.87. The van der Waals surface area contributed by atoms with Gasteiger partial charge in [-0.1, -0.05) is 91.0 Å². The van der Waals surface area contributed by atoms with E-state index in [1.807, 2.05) is 54.7 Å². The summed E-state index contributed by atoms with van der Waals surface area (Å²) in [6, 6.07) is 50.2. The van der Waals surface area contributed by atoms with Gasteiger partial charge < -0.3 is 4.42 Å². The van der Waals surface area contributed by atoms with Gasteiger partial charge in [0.05, 0.1) is 16.8 Å². The molecule has 6 aromatic carbocycles. The van der Waals surface area contributed by atoms with Gasteiger partial charge in [0.15, 0.2) is 17.5 Å². The first-order valence-electron chi connectivity index (χ1n) is 16.8. The lowest BCUT2D eigenvalue weighted by atomic mass is 10.1. The van der Waals surface area contributed by atoms with Crippen LogP contribution in [0.25, 0.3) is 104 Å². The largest absolute Gasteiger partial charge is 0.455 e. The van der Waals surface area contributed by atoms with Crippen LogP contribution in [0.15, 0.2) is 156 Å². The summed E-state index contributed by atoms with van der Waals surface area (Å²) in [6.07, 6.45) is 1.84. The van der Waals surface area contributed by atoms with Gasteiger partial charge in [0, 0.05) is 65.1 Å². The molecule has 0 spiro atoms. The highest BCUT2D eigenvalue weighted by atomic mass is 32.1. The first-order valence-corrected chi connectivity index (χ1v) is 17.6. The van der Waals surface area contributed by atoms with Crippen molar-refractivity contribution in [3.8, 4) is 39.9 Å². The molecule has 238 valence electrons. The fraction of sp³-hybridized carbons (Fsp3) is 0. The molecular weight excluding hydrogens is 647 g/mol. The molecule has 51 heavy (non-hydrogen) atoms. The molecule has 0 saturated carbocycles. The van der Waals surface area contributed by atoms with E-state index < -0.39 is 0 Å². The number of pyridine rings is 1. The van der Waals surface area contributed by atoms with Crippen LogP contribution in [0.2, 0.25) is 0 Å². The van der Waals surface area contributed by atoms with Crippen LogP contribution in [-0.2, 0) is 0 Å². The fourth-order valence-electron chi connectivity index (χ4n) is 7.37.